The summed E-state index contributed by atoms with van der Waals surface area (Å²) in [6.45, 7) is 10.2. The Hall–Kier alpha value is -1.35. The van der Waals surface area contributed by atoms with Gasteiger partial charge in [0, 0.05) is 13.1 Å². The van der Waals surface area contributed by atoms with Crippen molar-refractivity contribution in [3.05, 3.63) is 0 Å². The van der Waals surface area contributed by atoms with Crippen LogP contribution in [0.3, 0.4) is 0 Å². The molecule has 2 amide bonds. The van der Waals surface area contributed by atoms with E-state index in [1.807, 2.05) is 34.6 Å². The van der Waals surface area contributed by atoms with E-state index in [2.05, 4.69) is 5.32 Å². The zero-order chi connectivity index (χ0) is 19.7. The maximum atomic E-state index is 12.4. The SMILES string of the molecule is CC1CCN(C(=O)OC(C)(C)C)C(C)C1NC(=O)CN1CCCS1(=O)=O. The van der Waals surface area contributed by atoms with Crippen LogP contribution in [-0.2, 0) is 19.6 Å². The maximum Gasteiger partial charge on any atom is 0.410 e. The molecule has 2 fully saturated rings. The number of hydrogen-bond acceptors (Lipinski definition) is 5. The zero-order valence-electron chi connectivity index (χ0n) is 16.3. The van der Waals surface area contributed by atoms with Crippen LogP contribution in [0.4, 0.5) is 4.79 Å². The summed E-state index contributed by atoms with van der Waals surface area (Å²) in [7, 11) is -3.31. The van der Waals surface area contributed by atoms with E-state index in [9.17, 15) is 18.0 Å². The first-order valence-electron chi connectivity index (χ1n) is 9.17. The molecule has 9 heteroatoms. The summed E-state index contributed by atoms with van der Waals surface area (Å²) in [5.74, 6) is -0.0452. The number of nitrogens with one attached hydrogen (secondary N) is 1. The van der Waals surface area contributed by atoms with Gasteiger partial charge in [0.15, 0.2) is 0 Å². The molecule has 2 aliphatic heterocycles. The van der Waals surface area contributed by atoms with Gasteiger partial charge in [0.25, 0.3) is 0 Å². The largest absolute Gasteiger partial charge is 0.444 e. The lowest BCUT2D eigenvalue weighted by Crippen LogP contribution is -2.60. The predicted octanol–water partition coefficient (Wildman–Crippen LogP) is 1.17. The highest BCUT2D eigenvalue weighted by Gasteiger charge is 2.39. The van der Waals surface area contributed by atoms with Crippen LogP contribution in [0.25, 0.3) is 0 Å². The minimum absolute atomic E-state index is 0.100. The van der Waals surface area contributed by atoms with Crippen LogP contribution in [0.15, 0.2) is 0 Å². The third-order valence-electron chi connectivity index (χ3n) is 4.93. The van der Waals surface area contributed by atoms with E-state index in [0.29, 0.717) is 19.5 Å². The Morgan fingerprint density at radius 1 is 1.19 bits per heavy atom. The van der Waals surface area contributed by atoms with Crippen LogP contribution < -0.4 is 5.32 Å². The fourth-order valence-corrected chi connectivity index (χ4v) is 4.97. The van der Waals surface area contributed by atoms with Gasteiger partial charge in [-0.15, -0.1) is 0 Å². The first-order valence-corrected chi connectivity index (χ1v) is 10.8. The summed E-state index contributed by atoms with van der Waals surface area (Å²) >= 11 is 0. The normalized spacial score (nSPS) is 29.4. The fraction of sp³-hybridized carbons (Fsp3) is 0.882. The highest BCUT2D eigenvalue weighted by Crippen LogP contribution is 2.25. The van der Waals surface area contributed by atoms with E-state index in [1.165, 1.54) is 4.31 Å². The van der Waals surface area contributed by atoms with Gasteiger partial charge >= 0.3 is 6.09 Å². The summed E-state index contributed by atoms with van der Waals surface area (Å²) in [5, 5.41) is 2.94. The van der Waals surface area contributed by atoms with Crippen molar-refractivity contribution in [3.8, 4) is 0 Å². The Labute approximate surface area is 156 Å². The van der Waals surface area contributed by atoms with E-state index in [-0.39, 0.29) is 36.2 Å². The molecular formula is C17H31N3O5S. The third-order valence-corrected chi connectivity index (χ3v) is 6.83. The van der Waals surface area contributed by atoms with Crippen molar-refractivity contribution in [1.29, 1.82) is 0 Å². The quantitative estimate of drug-likeness (QED) is 0.782. The molecule has 3 unspecified atom stereocenters. The van der Waals surface area contributed by atoms with Crippen LogP contribution >= 0.6 is 0 Å². The summed E-state index contributed by atoms with van der Waals surface area (Å²) in [6, 6.07) is -0.471. The topological polar surface area (TPSA) is 96.0 Å². The molecule has 0 saturated carbocycles. The first kappa shape index (κ1) is 21.0. The van der Waals surface area contributed by atoms with Gasteiger partial charge in [-0.2, -0.15) is 4.31 Å². The molecule has 0 aromatic carbocycles. The molecule has 8 nitrogen and oxygen atoms in total. The number of likely N-dealkylation sites (tertiary alicyclic amines) is 1. The van der Waals surface area contributed by atoms with Crippen molar-refractivity contribution in [2.75, 3.05) is 25.4 Å². The molecule has 26 heavy (non-hydrogen) atoms. The Morgan fingerprint density at radius 2 is 1.85 bits per heavy atom. The van der Waals surface area contributed by atoms with Crippen molar-refractivity contribution in [3.63, 3.8) is 0 Å². The van der Waals surface area contributed by atoms with Crippen LogP contribution in [-0.4, -0.2) is 72.7 Å². The third kappa shape index (κ3) is 5.09. The van der Waals surface area contributed by atoms with E-state index in [1.54, 1.807) is 4.90 Å². The molecule has 2 rings (SSSR count). The number of rotatable bonds is 3. The van der Waals surface area contributed by atoms with Crippen LogP contribution in [0.2, 0.25) is 0 Å². The number of piperidine rings is 1. The number of nitrogens with zero attached hydrogens (tertiary/aromatic N) is 2. The van der Waals surface area contributed by atoms with Gasteiger partial charge in [0.05, 0.1) is 24.4 Å². The lowest BCUT2D eigenvalue weighted by atomic mass is 9.87. The molecule has 0 spiro atoms. The summed E-state index contributed by atoms with van der Waals surface area (Å²) in [4.78, 5) is 26.5. The molecule has 0 aliphatic carbocycles. The summed E-state index contributed by atoms with van der Waals surface area (Å²) in [5.41, 5.74) is -0.581. The van der Waals surface area contributed by atoms with Crippen molar-refractivity contribution in [2.45, 2.75) is 65.1 Å². The van der Waals surface area contributed by atoms with Crippen molar-refractivity contribution in [2.24, 2.45) is 5.92 Å². The Kier molecular flexibility index (Phi) is 6.22. The summed E-state index contributed by atoms with van der Waals surface area (Å²) in [6.07, 6.45) is 0.910. The lowest BCUT2D eigenvalue weighted by molar-refractivity contribution is -0.123. The van der Waals surface area contributed by atoms with Crippen LogP contribution in [0.5, 0.6) is 0 Å². The monoisotopic (exact) mass is 389 g/mol. The number of carbonyl (C=O) groups is 2. The second-order valence-corrected chi connectivity index (χ2v) is 10.4. The molecule has 1 N–H and O–H groups in total. The van der Waals surface area contributed by atoms with Crippen LogP contribution in [0, 0.1) is 5.92 Å². The number of carbonyl (C=O) groups excluding carboxylic acids is 2. The van der Waals surface area contributed by atoms with Crippen molar-refractivity contribution < 1.29 is 22.7 Å². The van der Waals surface area contributed by atoms with E-state index >= 15 is 0 Å². The minimum atomic E-state index is -3.31. The van der Waals surface area contributed by atoms with Gasteiger partial charge in [-0.3, -0.25) is 4.79 Å². The molecule has 0 aromatic heterocycles. The van der Waals surface area contributed by atoms with E-state index in [0.717, 1.165) is 6.42 Å². The maximum absolute atomic E-state index is 12.4. The van der Waals surface area contributed by atoms with Gasteiger partial charge in [-0.05, 0) is 46.5 Å². The van der Waals surface area contributed by atoms with Gasteiger partial charge in [0.2, 0.25) is 15.9 Å². The number of sulfonamides is 1. The zero-order valence-corrected chi connectivity index (χ0v) is 17.1. The van der Waals surface area contributed by atoms with Gasteiger partial charge in [-0.1, -0.05) is 6.92 Å². The number of ether oxygens (including phenoxy) is 1. The molecule has 0 bridgehead atoms. The molecule has 0 aromatic rings. The lowest BCUT2D eigenvalue weighted by Gasteiger charge is -2.43. The molecule has 0 radical (unpaired) electrons. The Bertz CT molecular complexity index is 643. The number of hydrogen-bond donors (Lipinski definition) is 1. The van der Waals surface area contributed by atoms with Crippen molar-refractivity contribution >= 4 is 22.0 Å². The average molecular weight is 390 g/mol. The van der Waals surface area contributed by atoms with Gasteiger partial charge < -0.3 is 15.0 Å². The second kappa shape index (κ2) is 7.72. The highest BCUT2D eigenvalue weighted by atomic mass is 32.2. The van der Waals surface area contributed by atoms with Gasteiger partial charge in [-0.25, -0.2) is 13.2 Å². The van der Waals surface area contributed by atoms with E-state index < -0.39 is 21.7 Å². The summed E-state index contributed by atoms with van der Waals surface area (Å²) < 4.78 is 30.4. The fourth-order valence-electron chi connectivity index (χ4n) is 3.50. The molecule has 2 heterocycles. The molecular weight excluding hydrogens is 358 g/mol. The molecule has 150 valence electrons. The first-order chi connectivity index (χ1) is 11.9. The molecule has 3 atom stereocenters. The van der Waals surface area contributed by atoms with Crippen LogP contribution in [0.1, 0.15) is 47.5 Å². The number of amides is 2. The second-order valence-electron chi connectivity index (χ2n) is 8.28. The Morgan fingerprint density at radius 3 is 2.38 bits per heavy atom. The average Bonchev–Trinajstić information content (AvgIpc) is 2.80. The van der Waals surface area contributed by atoms with Gasteiger partial charge in [0.1, 0.15) is 5.60 Å². The highest BCUT2D eigenvalue weighted by molar-refractivity contribution is 7.89. The standard InChI is InChI=1S/C17H31N3O5S/c1-12-7-9-20(16(22)25-17(3,4)5)13(2)15(12)18-14(21)11-19-8-6-10-26(19,23)24/h12-13,15H,6-11H2,1-5H3,(H,18,21). The minimum Gasteiger partial charge on any atom is -0.444 e. The molecule has 2 saturated heterocycles. The van der Waals surface area contributed by atoms with E-state index in [4.69, 9.17) is 4.74 Å². The van der Waals surface area contributed by atoms with Crippen molar-refractivity contribution in [1.82, 2.24) is 14.5 Å². The predicted molar refractivity (Wildman–Crippen MR) is 98.1 cm³/mol. The molecule has 2 aliphatic rings. The Balaban J connectivity index is 2.00. The smallest absolute Gasteiger partial charge is 0.410 e.